The van der Waals surface area contributed by atoms with Crippen molar-refractivity contribution in [3.63, 3.8) is 0 Å². The molecule has 0 saturated carbocycles. The van der Waals surface area contributed by atoms with Crippen molar-refractivity contribution in [1.82, 2.24) is 0 Å². The van der Waals surface area contributed by atoms with Gasteiger partial charge in [0.25, 0.3) is 0 Å². The molecule has 0 aliphatic rings. The molecule has 1 radical (unpaired) electrons. The molecule has 2 rings (SSSR count). The molecular formula is C12H7Br2. The Kier molecular flexibility index (Phi) is 3.04. The SMILES string of the molecule is Brc1cccc(-c2c[c]ccc2)c1Br. The van der Waals surface area contributed by atoms with Crippen LogP contribution in [0.25, 0.3) is 11.1 Å². The monoisotopic (exact) mass is 309 g/mol. The van der Waals surface area contributed by atoms with E-state index in [-0.39, 0.29) is 0 Å². The van der Waals surface area contributed by atoms with Gasteiger partial charge in [-0.1, -0.05) is 30.3 Å². The molecule has 0 atom stereocenters. The lowest BCUT2D eigenvalue weighted by Gasteiger charge is -2.05. The van der Waals surface area contributed by atoms with Crippen molar-refractivity contribution in [2.75, 3.05) is 0 Å². The van der Waals surface area contributed by atoms with Crippen molar-refractivity contribution in [2.24, 2.45) is 0 Å². The van der Waals surface area contributed by atoms with Crippen LogP contribution in [0.2, 0.25) is 0 Å². The van der Waals surface area contributed by atoms with Crippen LogP contribution in [-0.2, 0) is 0 Å². The van der Waals surface area contributed by atoms with Crippen molar-refractivity contribution in [1.29, 1.82) is 0 Å². The third kappa shape index (κ3) is 1.91. The van der Waals surface area contributed by atoms with Gasteiger partial charge in [-0.25, -0.2) is 0 Å². The van der Waals surface area contributed by atoms with E-state index in [1.165, 1.54) is 11.1 Å². The van der Waals surface area contributed by atoms with Gasteiger partial charge in [0.05, 0.1) is 0 Å². The largest absolute Gasteiger partial charge is 0.0610 e. The van der Waals surface area contributed by atoms with Gasteiger partial charge in [0, 0.05) is 8.95 Å². The van der Waals surface area contributed by atoms with Crippen molar-refractivity contribution in [3.05, 3.63) is 57.5 Å². The first kappa shape index (κ1) is 9.94. The smallest absolute Gasteiger partial charge is 0.0395 e. The second kappa shape index (κ2) is 4.28. The van der Waals surface area contributed by atoms with Gasteiger partial charge in [0.1, 0.15) is 0 Å². The number of hydrogen-bond acceptors (Lipinski definition) is 0. The molecule has 14 heavy (non-hydrogen) atoms. The Bertz CT molecular complexity index is 435. The molecule has 0 aliphatic heterocycles. The average Bonchev–Trinajstić information content (AvgIpc) is 2.23. The summed E-state index contributed by atoms with van der Waals surface area (Å²) in [6, 6.07) is 17.1. The lowest BCUT2D eigenvalue weighted by Crippen LogP contribution is -1.79. The Labute approximate surface area is 100 Å². The lowest BCUT2D eigenvalue weighted by molar-refractivity contribution is 1.55. The zero-order chi connectivity index (χ0) is 9.97. The molecule has 2 aromatic rings. The predicted octanol–water partition coefficient (Wildman–Crippen LogP) is 4.68. The highest BCUT2D eigenvalue weighted by Crippen LogP contribution is 2.33. The van der Waals surface area contributed by atoms with E-state index in [1.807, 2.05) is 30.3 Å². The van der Waals surface area contributed by atoms with Gasteiger partial charge in [-0.15, -0.1) is 0 Å². The van der Waals surface area contributed by atoms with E-state index in [4.69, 9.17) is 0 Å². The molecule has 0 aliphatic carbocycles. The van der Waals surface area contributed by atoms with Crippen LogP contribution >= 0.6 is 31.9 Å². The maximum absolute atomic E-state index is 3.56. The van der Waals surface area contributed by atoms with Gasteiger partial charge >= 0.3 is 0 Å². The maximum atomic E-state index is 3.56. The molecule has 0 fully saturated rings. The van der Waals surface area contributed by atoms with Crippen LogP contribution in [0.5, 0.6) is 0 Å². The normalized spacial score (nSPS) is 10.1. The summed E-state index contributed by atoms with van der Waals surface area (Å²) in [7, 11) is 0. The Morgan fingerprint density at radius 3 is 2.57 bits per heavy atom. The molecule has 2 heteroatoms. The molecule has 2 aromatic carbocycles. The Balaban J connectivity index is 2.58. The quantitative estimate of drug-likeness (QED) is 0.717. The Hall–Kier alpha value is -0.600. The number of halogens is 2. The van der Waals surface area contributed by atoms with Gasteiger partial charge in [-0.2, -0.15) is 0 Å². The van der Waals surface area contributed by atoms with E-state index < -0.39 is 0 Å². The molecule has 0 unspecified atom stereocenters. The number of benzene rings is 2. The summed E-state index contributed by atoms with van der Waals surface area (Å²) in [4.78, 5) is 0. The Morgan fingerprint density at radius 2 is 1.86 bits per heavy atom. The zero-order valence-corrected chi connectivity index (χ0v) is 10.5. The average molecular weight is 311 g/mol. The number of hydrogen-bond donors (Lipinski definition) is 0. The van der Waals surface area contributed by atoms with E-state index in [0.29, 0.717) is 0 Å². The summed E-state index contributed by atoms with van der Waals surface area (Å²) in [5.41, 5.74) is 2.34. The maximum Gasteiger partial charge on any atom is 0.0395 e. The van der Waals surface area contributed by atoms with E-state index in [0.717, 1.165) is 8.95 Å². The van der Waals surface area contributed by atoms with E-state index >= 15 is 0 Å². The second-order valence-electron chi connectivity index (χ2n) is 2.89. The highest BCUT2D eigenvalue weighted by Gasteiger charge is 2.04. The predicted molar refractivity (Wildman–Crippen MR) is 66.1 cm³/mol. The number of rotatable bonds is 1. The Morgan fingerprint density at radius 1 is 1.00 bits per heavy atom. The summed E-state index contributed by atoms with van der Waals surface area (Å²) >= 11 is 7.04. The van der Waals surface area contributed by atoms with Crippen LogP contribution in [0.4, 0.5) is 0 Å². The fourth-order valence-corrected chi connectivity index (χ4v) is 2.15. The molecule has 0 saturated heterocycles. The summed E-state index contributed by atoms with van der Waals surface area (Å²) in [5.74, 6) is 0. The van der Waals surface area contributed by atoms with Gasteiger partial charge in [0.2, 0.25) is 0 Å². The van der Waals surface area contributed by atoms with Crippen molar-refractivity contribution in [2.45, 2.75) is 0 Å². The summed E-state index contributed by atoms with van der Waals surface area (Å²) < 4.78 is 2.15. The van der Waals surface area contributed by atoms with E-state index in [1.54, 1.807) is 0 Å². The van der Waals surface area contributed by atoms with Crippen LogP contribution in [0.15, 0.2) is 51.4 Å². The first-order valence-electron chi connectivity index (χ1n) is 4.19. The van der Waals surface area contributed by atoms with Crippen LogP contribution in [0.1, 0.15) is 0 Å². The van der Waals surface area contributed by atoms with Gasteiger partial charge in [0.15, 0.2) is 0 Å². The third-order valence-electron chi connectivity index (χ3n) is 1.97. The van der Waals surface area contributed by atoms with E-state index in [2.05, 4.69) is 50.1 Å². The molecule has 0 nitrogen and oxygen atoms in total. The van der Waals surface area contributed by atoms with Gasteiger partial charge in [-0.3, -0.25) is 0 Å². The van der Waals surface area contributed by atoms with Crippen LogP contribution in [0.3, 0.4) is 0 Å². The van der Waals surface area contributed by atoms with Gasteiger partial charge in [-0.05, 0) is 61.2 Å². The highest BCUT2D eigenvalue weighted by molar-refractivity contribution is 9.13. The second-order valence-corrected chi connectivity index (χ2v) is 4.54. The minimum absolute atomic E-state index is 1.07. The zero-order valence-electron chi connectivity index (χ0n) is 7.30. The first-order chi connectivity index (χ1) is 6.79. The minimum atomic E-state index is 1.07. The summed E-state index contributed by atoms with van der Waals surface area (Å²) in [6.45, 7) is 0. The van der Waals surface area contributed by atoms with Crippen molar-refractivity contribution in [3.8, 4) is 11.1 Å². The van der Waals surface area contributed by atoms with Crippen molar-refractivity contribution >= 4 is 31.9 Å². The molecule has 0 bridgehead atoms. The molecule has 0 aromatic heterocycles. The van der Waals surface area contributed by atoms with Crippen molar-refractivity contribution < 1.29 is 0 Å². The topological polar surface area (TPSA) is 0 Å². The van der Waals surface area contributed by atoms with Crippen LogP contribution < -0.4 is 0 Å². The molecule has 0 amide bonds. The lowest BCUT2D eigenvalue weighted by atomic mass is 10.1. The molecule has 0 N–H and O–H groups in total. The summed E-state index contributed by atoms with van der Waals surface area (Å²) in [6.07, 6.45) is 0. The van der Waals surface area contributed by atoms with Crippen LogP contribution in [0, 0.1) is 6.07 Å². The highest BCUT2D eigenvalue weighted by atomic mass is 79.9. The standard InChI is InChI=1S/C12H7Br2/c13-11-8-4-7-10(12(11)14)9-5-2-1-3-6-9/h1-2,4-8H. The first-order valence-corrected chi connectivity index (χ1v) is 5.78. The van der Waals surface area contributed by atoms with Crippen LogP contribution in [-0.4, -0.2) is 0 Å². The van der Waals surface area contributed by atoms with Gasteiger partial charge < -0.3 is 0 Å². The molecular weight excluding hydrogens is 304 g/mol. The minimum Gasteiger partial charge on any atom is -0.0610 e. The fraction of sp³-hybridized carbons (Fsp3) is 0. The van der Waals surface area contributed by atoms with E-state index in [9.17, 15) is 0 Å². The molecule has 0 spiro atoms. The molecule has 69 valence electrons. The fourth-order valence-electron chi connectivity index (χ4n) is 1.29. The third-order valence-corrected chi connectivity index (χ3v) is 4.02. The summed E-state index contributed by atoms with van der Waals surface area (Å²) in [5, 5.41) is 0. The molecule has 0 heterocycles.